The van der Waals surface area contributed by atoms with Gasteiger partial charge in [0, 0.05) is 11.4 Å². The molecule has 4 heteroatoms. The number of hydrogen-bond donors (Lipinski definition) is 0. The summed E-state index contributed by atoms with van der Waals surface area (Å²) in [4.78, 5) is 25.3. The smallest absolute Gasteiger partial charge is 0.237 e. The van der Waals surface area contributed by atoms with E-state index in [1.807, 2.05) is 19.1 Å². The summed E-state index contributed by atoms with van der Waals surface area (Å²) in [7, 11) is 0. The zero-order valence-corrected chi connectivity index (χ0v) is 10.9. The first kappa shape index (κ1) is 12.8. The number of amides is 2. The quantitative estimate of drug-likeness (QED) is 0.620. The zero-order chi connectivity index (χ0) is 13.1. The van der Waals surface area contributed by atoms with Gasteiger partial charge in [-0.2, -0.15) is 0 Å². The highest BCUT2D eigenvalue weighted by Gasteiger charge is 2.38. The van der Waals surface area contributed by atoms with E-state index in [0.717, 1.165) is 0 Å². The van der Waals surface area contributed by atoms with Crippen LogP contribution < -0.4 is 4.90 Å². The predicted molar refractivity (Wildman–Crippen MR) is 71.5 cm³/mol. The standard InChI is InChI=1S/C14H14ClNO2/c1-2-3-4-10-9-13(17)16(14(10)18)12-7-5-11(15)6-8-12/h2-3,5-8,10H,4,9H2,1H3/b3-2-. The highest BCUT2D eigenvalue weighted by molar-refractivity contribution is 6.30. The second kappa shape index (κ2) is 5.36. The number of allylic oxidation sites excluding steroid dienone is 2. The number of carbonyl (C=O) groups is 2. The third-order valence-electron chi connectivity index (χ3n) is 2.98. The molecule has 1 atom stereocenters. The molecule has 0 aliphatic carbocycles. The second-order valence-corrected chi connectivity index (χ2v) is 4.69. The molecule has 2 amide bonds. The van der Waals surface area contributed by atoms with Crippen LogP contribution in [-0.2, 0) is 9.59 Å². The molecule has 0 radical (unpaired) electrons. The number of hydrogen-bond acceptors (Lipinski definition) is 2. The summed E-state index contributed by atoms with van der Waals surface area (Å²) in [5.74, 6) is -0.498. The maximum atomic E-state index is 12.1. The number of rotatable bonds is 3. The number of nitrogens with zero attached hydrogens (tertiary/aromatic N) is 1. The van der Waals surface area contributed by atoms with Crippen LogP contribution >= 0.6 is 11.6 Å². The Bertz CT molecular complexity index is 493. The Labute approximate surface area is 111 Å². The van der Waals surface area contributed by atoms with Crippen molar-refractivity contribution in [1.82, 2.24) is 0 Å². The molecule has 1 aliphatic rings. The fourth-order valence-electron chi connectivity index (χ4n) is 2.04. The summed E-state index contributed by atoms with van der Waals surface area (Å²) in [6.07, 6.45) is 4.71. The van der Waals surface area contributed by atoms with E-state index in [4.69, 9.17) is 11.6 Å². The van der Waals surface area contributed by atoms with Crippen LogP contribution in [0.4, 0.5) is 5.69 Å². The Kier molecular flexibility index (Phi) is 3.82. The van der Waals surface area contributed by atoms with Gasteiger partial charge in [0.25, 0.3) is 0 Å². The van der Waals surface area contributed by atoms with Crippen molar-refractivity contribution in [1.29, 1.82) is 0 Å². The molecule has 3 nitrogen and oxygen atoms in total. The number of benzene rings is 1. The summed E-state index contributed by atoms with van der Waals surface area (Å²) in [5.41, 5.74) is 0.595. The lowest BCUT2D eigenvalue weighted by atomic mass is 10.0. The van der Waals surface area contributed by atoms with E-state index < -0.39 is 0 Å². The fourth-order valence-corrected chi connectivity index (χ4v) is 2.17. The van der Waals surface area contributed by atoms with E-state index in [1.54, 1.807) is 24.3 Å². The van der Waals surface area contributed by atoms with Gasteiger partial charge in [0.2, 0.25) is 11.8 Å². The maximum Gasteiger partial charge on any atom is 0.237 e. The molecule has 1 saturated heterocycles. The minimum atomic E-state index is -0.232. The molecule has 0 saturated carbocycles. The highest BCUT2D eigenvalue weighted by atomic mass is 35.5. The van der Waals surface area contributed by atoms with Crippen LogP contribution in [0, 0.1) is 5.92 Å². The van der Waals surface area contributed by atoms with Crippen LogP contribution in [0.3, 0.4) is 0 Å². The van der Waals surface area contributed by atoms with Gasteiger partial charge in [-0.3, -0.25) is 14.5 Å². The number of imide groups is 1. The van der Waals surface area contributed by atoms with Crippen molar-refractivity contribution in [2.45, 2.75) is 19.8 Å². The summed E-state index contributed by atoms with van der Waals surface area (Å²) < 4.78 is 0. The molecule has 2 rings (SSSR count). The van der Waals surface area contributed by atoms with Gasteiger partial charge in [-0.15, -0.1) is 0 Å². The molecule has 94 valence electrons. The Morgan fingerprint density at radius 3 is 2.61 bits per heavy atom. The van der Waals surface area contributed by atoms with E-state index >= 15 is 0 Å². The monoisotopic (exact) mass is 263 g/mol. The third-order valence-corrected chi connectivity index (χ3v) is 3.23. The summed E-state index contributed by atoms with van der Waals surface area (Å²) in [5, 5.41) is 0.586. The van der Waals surface area contributed by atoms with Crippen molar-refractivity contribution in [3.05, 3.63) is 41.4 Å². The first-order chi connectivity index (χ1) is 8.63. The van der Waals surface area contributed by atoms with Gasteiger partial charge in [-0.25, -0.2) is 0 Å². The van der Waals surface area contributed by atoms with E-state index in [-0.39, 0.29) is 24.2 Å². The lowest BCUT2D eigenvalue weighted by Crippen LogP contribution is -2.30. The summed E-state index contributed by atoms with van der Waals surface area (Å²) >= 11 is 5.79. The van der Waals surface area contributed by atoms with Crippen LogP contribution in [0.1, 0.15) is 19.8 Å². The highest BCUT2D eigenvalue weighted by Crippen LogP contribution is 2.29. The zero-order valence-electron chi connectivity index (χ0n) is 10.1. The summed E-state index contributed by atoms with van der Waals surface area (Å²) in [6, 6.07) is 6.74. The van der Waals surface area contributed by atoms with Crippen molar-refractivity contribution in [2.75, 3.05) is 4.90 Å². The Hall–Kier alpha value is -1.61. The van der Waals surface area contributed by atoms with Gasteiger partial charge in [0.15, 0.2) is 0 Å². The van der Waals surface area contributed by atoms with Gasteiger partial charge in [0.1, 0.15) is 0 Å². The van der Waals surface area contributed by atoms with Gasteiger partial charge in [0.05, 0.1) is 11.6 Å². The molecule has 1 aromatic carbocycles. The van der Waals surface area contributed by atoms with Gasteiger partial charge < -0.3 is 0 Å². The topological polar surface area (TPSA) is 37.4 Å². The molecule has 0 bridgehead atoms. The molecule has 0 aromatic heterocycles. The number of carbonyl (C=O) groups excluding carboxylic acids is 2. The second-order valence-electron chi connectivity index (χ2n) is 4.25. The molecular weight excluding hydrogens is 250 g/mol. The molecule has 18 heavy (non-hydrogen) atoms. The van der Waals surface area contributed by atoms with Crippen LogP contribution in [0.25, 0.3) is 0 Å². The molecule has 1 aliphatic heterocycles. The van der Waals surface area contributed by atoms with Gasteiger partial charge in [-0.05, 0) is 37.6 Å². The normalized spacial score (nSPS) is 20.1. The minimum Gasteiger partial charge on any atom is -0.274 e. The van der Waals surface area contributed by atoms with E-state index in [9.17, 15) is 9.59 Å². The largest absolute Gasteiger partial charge is 0.274 e. The average Bonchev–Trinajstić information content (AvgIpc) is 2.63. The molecule has 1 unspecified atom stereocenters. The van der Waals surface area contributed by atoms with E-state index in [1.165, 1.54) is 4.90 Å². The lowest BCUT2D eigenvalue weighted by Gasteiger charge is -2.14. The summed E-state index contributed by atoms with van der Waals surface area (Å²) in [6.45, 7) is 1.90. The van der Waals surface area contributed by atoms with Crippen LogP contribution in [-0.4, -0.2) is 11.8 Å². The van der Waals surface area contributed by atoms with Crippen LogP contribution in [0.15, 0.2) is 36.4 Å². The molecule has 0 N–H and O–H groups in total. The molecule has 0 spiro atoms. The van der Waals surface area contributed by atoms with E-state index in [2.05, 4.69) is 0 Å². The first-order valence-corrected chi connectivity index (χ1v) is 6.25. The fraction of sp³-hybridized carbons (Fsp3) is 0.286. The lowest BCUT2D eigenvalue weighted by molar-refractivity contribution is -0.122. The minimum absolute atomic E-state index is 0.125. The van der Waals surface area contributed by atoms with Crippen molar-refractivity contribution >= 4 is 29.1 Å². The Balaban J connectivity index is 2.21. The Morgan fingerprint density at radius 2 is 2.00 bits per heavy atom. The average molecular weight is 264 g/mol. The first-order valence-electron chi connectivity index (χ1n) is 5.87. The number of halogens is 1. The third kappa shape index (κ3) is 2.46. The SMILES string of the molecule is C/C=C\CC1CC(=O)N(c2ccc(Cl)cc2)C1=O. The van der Waals surface area contributed by atoms with Crippen molar-refractivity contribution in [3.63, 3.8) is 0 Å². The van der Waals surface area contributed by atoms with Crippen LogP contribution in [0.5, 0.6) is 0 Å². The molecular formula is C14H14ClNO2. The predicted octanol–water partition coefficient (Wildman–Crippen LogP) is 3.19. The Morgan fingerprint density at radius 1 is 1.33 bits per heavy atom. The van der Waals surface area contributed by atoms with Crippen molar-refractivity contribution in [2.24, 2.45) is 5.92 Å². The van der Waals surface area contributed by atoms with E-state index in [0.29, 0.717) is 17.1 Å². The van der Waals surface area contributed by atoms with Gasteiger partial charge in [-0.1, -0.05) is 23.8 Å². The maximum absolute atomic E-state index is 12.1. The van der Waals surface area contributed by atoms with Crippen molar-refractivity contribution < 1.29 is 9.59 Å². The molecule has 1 heterocycles. The van der Waals surface area contributed by atoms with Crippen LogP contribution in [0.2, 0.25) is 5.02 Å². The van der Waals surface area contributed by atoms with Gasteiger partial charge >= 0.3 is 0 Å². The number of anilines is 1. The van der Waals surface area contributed by atoms with Crippen molar-refractivity contribution in [3.8, 4) is 0 Å². The molecule has 1 aromatic rings. The molecule has 1 fully saturated rings.